The van der Waals surface area contributed by atoms with Crippen molar-refractivity contribution in [3.63, 3.8) is 0 Å². The number of carbonyl (C=O) groups is 4. The van der Waals surface area contributed by atoms with Gasteiger partial charge in [0.05, 0.1) is 6.04 Å². The summed E-state index contributed by atoms with van der Waals surface area (Å²) in [5, 5.41) is 7.65. The molecule has 8 nitrogen and oxygen atoms in total. The Morgan fingerprint density at radius 2 is 1.00 bits per heavy atom. The lowest BCUT2D eigenvalue weighted by atomic mass is 9.93. The second-order valence-electron chi connectivity index (χ2n) is 12.3. The molecule has 0 unspecified atom stereocenters. The van der Waals surface area contributed by atoms with Crippen molar-refractivity contribution in [3.8, 4) is 0 Å². The lowest BCUT2D eigenvalue weighted by Crippen LogP contribution is -2.53. The lowest BCUT2D eigenvalue weighted by molar-refractivity contribution is -0.137. The molecule has 5 rings (SSSR count). The molecule has 0 spiro atoms. The molecule has 0 aliphatic heterocycles. The molecule has 2 amide bonds. The van der Waals surface area contributed by atoms with Crippen molar-refractivity contribution in [2.45, 2.75) is 39.5 Å². The minimum Gasteiger partial charge on any atom is -0.457 e. The average molecular weight is 715 g/mol. The Labute approximate surface area is 305 Å². The molecule has 9 heteroatoms. The summed E-state index contributed by atoms with van der Waals surface area (Å²) in [6.07, 6.45) is -0.257. The SMILES string of the molecule is CC[C@H](C)[C@H](NC(=O)CNC(=O)OCc1ccccc1)C(=O)C(C(=O)OCc1ccccc1)=P(c1ccccc1)(c1ccccc1)c1ccccc1. The van der Waals surface area contributed by atoms with Gasteiger partial charge in [-0.2, -0.15) is 0 Å². The van der Waals surface area contributed by atoms with E-state index in [9.17, 15) is 14.4 Å². The summed E-state index contributed by atoms with van der Waals surface area (Å²) in [7, 11) is 0. The van der Waals surface area contributed by atoms with Gasteiger partial charge in [-0.1, -0.05) is 172 Å². The van der Waals surface area contributed by atoms with Crippen molar-refractivity contribution in [1.82, 2.24) is 10.6 Å². The van der Waals surface area contributed by atoms with E-state index in [1.54, 1.807) is 0 Å². The maximum absolute atomic E-state index is 15.4. The van der Waals surface area contributed by atoms with Crippen LogP contribution in [0.2, 0.25) is 0 Å². The smallest absolute Gasteiger partial charge is 0.407 e. The zero-order valence-electron chi connectivity index (χ0n) is 29.3. The zero-order valence-corrected chi connectivity index (χ0v) is 30.2. The largest absolute Gasteiger partial charge is 0.457 e. The quantitative estimate of drug-likeness (QED) is 0.0792. The maximum atomic E-state index is 15.4. The van der Waals surface area contributed by atoms with E-state index >= 15 is 4.79 Å². The molecule has 5 aromatic rings. The van der Waals surface area contributed by atoms with Crippen molar-refractivity contribution in [2.24, 2.45) is 5.92 Å². The Balaban J connectivity index is 1.61. The minimum absolute atomic E-state index is 0.0344. The van der Waals surface area contributed by atoms with Gasteiger partial charge in [-0.25, -0.2) is 9.59 Å². The van der Waals surface area contributed by atoms with Gasteiger partial charge >= 0.3 is 12.1 Å². The van der Waals surface area contributed by atoms with Crippen LogP contribution in [0.25, 0.3) is 0 Å². The highest BCUT2D eigenvalue weighted by atomic mass is 31.2. The number of benzene rings is 5. The minimum atomic E-state index is -3.26. The molecule has 0 saturated carbocycles. The van der Waals surface area contributed by atoms with E-state index in [0.717, 1.165) is 27.0 Å². The Hall–Kier alpha value is -5.72. The van der Waals surface area contributed by atoms with E-state index < -0.39 is 43.2 Å². The molecule has 266 valence electrons. The fourth-order valence-electron chi connectivity index (χ4n) is 5.98. The third kappa shape index (κ3) is 9.14. The third-order valence-electron chi connectivity index (χ3n) is 8.82. The highest BCUT2D eigenvalue weighted by molar-refractivity contribution is 7.97. The Bertz CT molecular complexity index is 1890. The molecular formula is C43H43N2O6P. The van der Waals surface area contributed by atoms with E-state index in [1.807, 2.05) is 166 Å². The van der Waals surface area contributed by atoms with Gasteiger partial charge in [0.25, 0.3) is 0 Å². The summed E-state index contributed by atoms with van der Waals surface area (Å²) in [6, 6.07) is 46.0. The summed E-state index contributed by atoms with van der Waals surface area (Å²) < 4.78 is 11.3. The molecule has 0 heterocycles. The van der Waals surface area contributed by atoms with Gasteiger partial charge < -0.3 is 20.1 Å². The Morgan fingerprint density at radius 3 is 1.42 bits per heavy atom. The van der Waals surface area contributed by atoms with Crippen LogP contribution in [-0.4, -0.2) is 41.6 Å². The molecule has 2 N–H and O–H groups in total. The first-order valence-corrected chi connectivity index (χ1v) is 19.1. The molecule has 0 aliphatic rings. The van der Waals surface area contributed by atoms with Crippen LogP contribution in [0.5, 0.6) is 0 Å². The number of hydrogen-bond acceptors (Lipinski definition) is 6. The Kier molecular flexibility index (Phi) is 13.4. The van der Waals surface area contributed by atoms with E-state index in [4.69, 9.17) is 9.47 Å². The molecule has 0 radical (unpaired) electrons. The molecule has 2 atom stereocenters. The second-order valence-corrected chi connectivity index (χ2v) is 15.6. The van der Waals surface area contributed by atoms with E-state index in [-0.39, 0.29) is 24.4 Å². The molecule has 0 aromatic heterocycles. The predicted octanol–water partition coefficient (Wildman–Crippen LogP) is 5.92. The topological polar surface area (TPSA) is 111 Å². The van der Waals surface area contributed by atoms with Gasteiger partial charge in [-0.3, -0.25) is 9.59 Å². The van der Waals surface area contributed by atoms with Crippen molar-refractivity contribution in [3.05, 3.63) is 163 Å². The van der Waals surface area contributed by atoms with Gasteiger partial charge in [0.1, 0.15) is 25.1 Å². The number of nitrogens with one attached hydrogen (secondary N) is 2. The highest BCUT2D eigenvalue weighted by Gasteiger charge is 2.41. The van der Waals surface area contributed by atoms with E-state index in [0.29, 0.717) is 6.42 Å². The van der Waals surface area contributed by atoms with E-state index in [1.165, 1.54) is 0 Å². The molecular weight excluding hydrogens is 671 g/mol. The van der Waals surface area contributed by atoms with Crippen LogP contribution in [0.1, 0.15) is 31.4 Å². The average Bonchev–Trinajstić information content (AvgIpc) is 3.20. The Morgan fingerprint density at radius 1 is 0.596 bits per heavy atom. The van der Waals surface area contributed by atoms with Crippen molar-refractivity contribution < 1.29 is 28.7 Å². The van der Waals surface area contributed by atoms with Gasteiger partial charge in [0.2, 0.25) is 5.91 Å². The number of hydrogen-bond donors (Lipinski definition) is 2. The molecule has 5 aromatic carbocycles. The van der Waals surface area contributed by atoms with Crippen molar-refractivity contribution in [1.29, 1.82) is 0 Å². The third-order valence-corrected chi connectivity index (χ3v) is 13.1. The molecule has 52 heavy (non-hydrogen) atoms. The number of ketones is 1. The predicted molar refractivity (Wildman–Crippen MR) is 207 cm³/mol. The summed E-state index contributed by atoms with van der Waals surface area (Å²) >= 11 is 0. The first-order valence-electron chi connectivity index (χ1n) is 17.3. The maximum Gasteiger partial charge on any atom is 0.407 e. The normalized spacial score (nSPS) is 12.1. The van der Waals surface area contributed by atoms with E-state index in [2.05, 4.69) is 10.6 Å². The van der Waals surface area contributed by atoms with Gasteiger partial charge in [-0.15, -0.1) is 0 Å². The fraction of sp³-hybridized carbons (Fsp3) is 0.186. The van der Waals surface area contributed by atoms with Gasteiger partial charge in [0, 0.05) is 0 Å². The molecule has 0 aliphatic carbocycles. The second kappa shape index (κ2) is 18.5. The number of rotatable bonds is 15. The van der Waals surface area contributed by atoms with Crippen LogP contribution < -0.4 is 26.5 Å². The summed E-state index contributed by atoms with van der Waals surface area (Å²) in [6.45, 7) is 0.0579. The van der Waals surface area contributed by atoms with Crippen LogP contribution in [0.15, 0.2) is 152 Å². The number of amides is 2. The lowest BCUT2D eigenvalue weighted by Gasteiger charge is -2.33. The van der Waals surface area contributed by atoms with Crippen molar-refractivity contribution >= 4 is 51.8 Å². The van der Waals surface area contributed by atoms with Gasteiger partial charge in [-0.05, 0) is 39.8 Å². The number of alkyl carbamates (subject to hydrolysis) is 1. The molecule has 0 bridgehead atoms. The number of carbonyl (C=O) groups excluding carboxylic acids is 4. The van der Waals surface area contributed by atoms with Crippen LogP contribution in [-0.2, 0) is 37.1 Å². The van der Waals surface area contributed by atoms with Crippen LogP contribution in [0.4, 0.5) is 4.79 Å². The van der Waals surface area contributed by atoms with Crippen molar-refractivity contribution in [2.75, 3.05) is 6.54 Å². The standard InChI is InChI=1S/C43H43N2O6P/c1-3-32(2)39(45-38(46)29-44-43(49)51-31-34-21-11-5-12-22-34)40(47)41(42(48)50-30-33-19-9-4-10-20-33)52(35-23-13-6-14-24-35,36-25-15-7-16-26-36)37-27-17-8-18-28-37/h4-28,32,39H,3,29-31H2,1-2H3,(H,44,49)(H,45,46)/t32-,39-/m0/s1. The van der Waals surface area contributed by atoms with Crippen LogP contribution in [0, 0.1) is 5.92 Å². The first-order chi connectivity index (χ1) is 25.3. The summed E-state index contributed by atoms with van der Waals surface area (Å²) in [5.41, 5.74) is 1.57. The molecule has 0 saturated heterocycles. The van der Waals surface area contributed by atoms with Crippen LogP contribution in [0.3, 0.4) is 0 Å². The fourth-order valence-corrected chi connectivity index (χ4v) is 10.3. The summed E-state index contributed by atoms with van der Waals surface area (Å²) in [4.78, 5) is 56.1. The monoisotopic (exact) mass is 714 g/mol. The van der Waals surface area contributed by atoms with Gasteiger partial charge in [0.15, 0.2) is 5.78 Å². The number of esters is 1. The highest BCUT2D eigenvalue weighted by Crippen LogP contribution is 2.47. The zero-order chi connectivity index (χ0) is 36.8. The first kappa shape index (κ1) is 37.5. The number of Topliss-reactive ketones (excluding diaryl/α,β-unsaturated/α-hetero) is 1. The molecule has 0 fully saturated rings. The van der Waals surface area contributed by atoms with Crippen LogP contribution >= 0.6 is 6.89 Å². The summed E-state index contributed by atoms with van der Waals surface area (Å²) in [5.74, 6) is -2.29. The number of ether oxygens (including phenoxy) is 2.